The summed E-state index contributed by atoms with van der Waals surface area (Å²) >= 11 is 9.07. The molecule has 0 radical (unpaired) electrons. The average molecular weight is 1270 g/mol. The van der Waals surface area contributed by atoms with Crippen LogP contribution in [0.3, 0.4) is 0 Å². The molecule has 0 unspecified atom stereocenters. The fourth-order valence-corrected chi connectivity index (χ4v) is 12.5. The molecule has 474 valence electrons. The molecule has 22 nitrogen and oxygen atoms in total. The maximum absolute atomic E-state index is 13.7. The molecule has 0 bridgehead atoms. The molecule has 4 aromatic heterocycles. The average Bonchev–Trinajstić information content (AvgIpc) is 3.28. The molecule has 2 aliphatic rings. The lowest BCUT2D eigenvalue weighted by molar-refractivity contribution is -0.126. The summed E-state index contributed by atoms with van der Waals surface area (Å²) in [4.78, 5) is 98.5. The van der Waals surface area contributed by atoms with Crippen LogP contribution in [0.25, 0.3) is 10.2 Å². The number of piperazine rings is 1. The third-order valence-corrected chi connectivity index (χ3v) is 17.7. The minimum absolute atomic E-state index is 0.0338. The second-order valence-corrected chi connectivity index (χ2v) is 24.3. The minimum Gasteiger partial charge on any atom is -0.379 e. The third-order valence-electron chi connectivity index (χ3n) is 15.6. The molecule has 88 heavy (non-hydrogen) atoms. The second kappa shape index (κ2) is 34.6. The van der Waals surface area contributed by atoms with Crippen molar-refractivity contribution in [2.45, 2.75) is 104 Å². The number of nitrogens with zero attached hydrogens (tertiary/aromatic N) is 7. The molecule has 25 heteroatoms. The Bertz CT molecular complexity index is 3250. The van der Waals surface area contributed by atoms with Gasteiger partial charge in [0.25, 0.3) is 11.8 Å². The largest absolute Gasteiger partial charge is 0.379 e. The number of anilines is 5. The van der Waals surface area contributed by atoms with Gasteiger partial charge in [-0.3, -0.25) is 33.7 Å². The lowest BCUT2D eigenvalue weighted by Gasteiger charge is -2.35. The van der Waals surface area contributed by atoms with Crippen LogP contribution in [0.4, 0.5) is 28.1 Å². The number of nitrogens with one attached hydrogen (secondary N) is 6. The van der Waals surface area contributed by atoms with Gasteiger partial charge in [-0.05, 0) is 113 Å². The Morgan fingerprint density at radius 2 is 1.49 bits per heavy atom. The number of rotatable bonds is 34. The van der Waals surface area contributed by atoms with E-state index >= 15 is 0 Å². The molecule has 8 rings (SSSR count). The summed E-state index contributed by atoms with van der Waals surface area (Å²) in [5.41, 5.74) is 4.78. The van der Waals surface area contributed by atoms with E-state index in [4.69, 9.17) is 25.8 Å². The van der Waals surface area contributed by atoms with E-state index in [1.807, 2.05) is 79.2 Å². The van der Waals surface area contributed by atoms with Crippen molar-refractivity contribution in [3.63, 3.8) is 0 Å². The third kappa shape index (κ3) is 20.2. The molecular formula is C63H84ClN13O9S2. The molecule has 5 heterocycles. The quantitative estimate of drug-likeness (QED) is 0.0208. The predicted molar refractivity (Wildman–Crippen MR) is 346 cm³/mol. The number of fused-ring (bicyclic) bond motifs is 1. The number of halogens is 1. The Morgan fingerprint density at radius 1 is 0.750 bits per heavy atom. The van der Waals surface area contributed by atoms with Crippen molar-refractivity contribution >= 4 is 108 Å². The molecule has 6 N–H and O–H groups in total. The van der Waals surface area contributed by atoms with Crippen molar-refractivity contribution in [3.8, 4) is 0 Å². The number of benzene rings is 2. The van der Waals surface area contributed by atoms with Crippen LogP contribution in [0.15, 0.2) is 72.2 Å². The molecule has 1 aliphatic carbocycles. The molecule has 0 atom stereocenters. The Morgan fingerprint density at radius 3 is 2.24 bits per heavy atom. The zero-order valence-electron chi connectivity index (χ0n) is 51.0. The van der Waals surface area contributed by atoms with Crippen LogP contribution >= 0.6 is 34.3 Å². The van der Waals surface area contributed by atoms with Crippen molar-refractivity contribution in [2.75, 3.05) is 119 Å². The number of hydrogen-bond acceptors (Lipinski definition) is 17. The van der Waals surface area contributed by atoms with E-state index in [1.165, 1.54) is 17.5 Å². The maximum Gasteiger partial charge on any atom is 0.268 e. The highest BCUT2D eigenvalue weighted by atomic mass is 35.5. The van der Waals surface area contributed by atoms with Crippen LogP contribution in [0.2, 0.25) is 5.02 Å². The normalized spacial score (nSPS) is 15.2. The van der Waals surface area contributed by atoms with E-state index in [2.05, 4.69) is 69.6 Å². The van der Waals surface area contributed by atoms with Crippen LogP contribution < -0.4 is 41.7 Å². The first kappa shape index (κ1) is 66.9. The molecule has 6 amide bonds. The predicted octanol–water partition coefficient (Wildman–Crippen LogP) is 8.29. The number of likely N-dealkylation sites (N-methyl/N-ethyl adjacent to an activating group) is 1. The molecule has 1 aliphatic heterocycles. The lowest BCUT2D eigenvalue weighted by atomic mass is 9.85. The highest BCUT2D eigenvalue weighted by Crippen LogP contribution is 2.31. The number of thiazole rings is 1. The van der Waals surface area contributed by atoms with E-state index < -0.39 is 0 Å². The van der Waals surface area contributed by atoms with Gasteiger partial charge >= 0.3 is 0 Å². The Hall–Kier alpha value is -7.06. The number of hydrogen-bond donors (Lipinski definition) is 6. The molecule has 6 aromatic rings. The lowest BCUT2D eigenvalue weighted by Crippen LogP contribution is -2.47. The summed E-state index contributed by atoms with van der Waals surface area (Å²) in [6, 6.07) is 19.1. The summed E-state index contributed by atoms with van der Waals surface area (Å²) in [5.74, 6) is 1.20. The molecule has 2 fully saturated rings. The number of carbonyl (C=O) groups excluding carboxylic acids is 6. The Labute approximate surface area is 528 Å². The first-order valence-corrected chi connectivity index (χ1v) is 32.8. The molecule has 1 saturated heterocycles. The van der Waals surface area contributed by atoms with Gasteiger partial charge in [-0.1, -0.05) is 60.5 Å². The van der Waals surface area contributed by atoms with Gasteiger partial charge in [0.15, 0.2) is 5.13 Å². The van der Waals surface area contributed by atoms with Crippen LogP contribution in [0.5, 0.6) is 0 Å². The highest BCUT2D eigenvalue weighted by molar-refractivity contribution is 7.17. The van der Waals surface area contributed by atoms with E-state index in [9.17, 15) is 28.8 Å². The van der Waals surface area contributed by atoms with Gasteiger partial charge in [-0.25, -0.2) is 15.0 Å². The fourth-order valence-electron chi connectivity index (χ4n) is 10.7. The maximum atomic E-state index is 13.7. The first-order valence-electron chi connectivity index (χ1n) is 30.7. The van der Waals surface area contributed by atoms with Gasteiger partial charge in [0.2, 0.25) is 23.6 Å². The van der Waals surface area contributed by atoms with Gasteiger partial charge in [0, 0.05) is 95.5 Å². The standard InChI is InChI=1S/C63H84ClN13O9S2/c1-5-45-13-11-14-48(38-45)76(6-2)58(80)42-77-50-22-37-87-52(50)39-51(77)61(82)71-47-19-17-46(18-20-47)60(81)67-23-9-7-8-16-56(78)65-25-33-86-36-35-84-31-21-57(79)66-24-32-85-34-30-74-26-28-75(29-27-74)55-40-54(69-44(4)70-55)72-63-68-41-53(88-63)62(83)73-59-43(3)12-10-15-49(59)64/h10-15,22,37-41,46-47H,5-9,16-21,23-36,42H2,1-4H3,(H,65,78)(H,66,79)(H,67,81)(H,71,82)(H,73,83)(H,68,69,70,72)/t46-,47-. The summed E-state index contributed by atoms with van der Waals surface area (Å²) in [5, 5.41) is 21.1. The van der Waals surface area contributed by atoms with E-state index in [1.54, 1.807) is 22.3 Å². The van der Waals surface area contributed by atoms with Gasteiger partial charge in [0.05, 0.1) is 66.8 Å². The van der Waals surface area contributed by atoms with Crippen LogP contribution in [-0.2, 0) is 46.4 Å². The number of aromatic nitrogens is 4. The molecular weight excluding hydrogens is 1180 g/mol. The van der Waals surface area contributed by atoms with Crippen molar-refractivity contribution in [1.82, 2.24) is 45.7 Å². The fraction of sp³-hybridized carbons (Fsp3) is 0.508. The van der Waals surface area contributed by atoms with Gasteiger partial charge in [-0.2, -0.15) is 0 Å². The van der Waals surface area contributed by atoms with Crippen LogP contribution in [0.1, 0.15) is 109 Å². The summed E-state index contributed by atoms with van der Waals surface area (Å²) in [6.45, 7) is 16.0. The second-order valence-electron chi connectivity index (χ2n) is 21.9. The molecule has 2 aromatic carbocycles. The highest BCUT2D eigenvalue weighted by Gasteiger charge is 2.29. The zero-order valence-corrected chi connectivity index (χ0v) is 53.4. The van der Waals surface area contributed by atoms with Crippen LogP contribution in [0, 0.1) is 19.8 Å². The van der Waals surface area contributed by atoms with Gasteiger partial charge in [0.1, 0.15) is 34.6 Å². The zero-order chi connectivity index (χ0) is 62.2. The van der Waals surface area contributed by atoms with Crippen molar-refractivity contribution < 1.29 is 43.0 Å². The van der Waals surface area contributed by atoms with E-state index in [0.29, 0.717) is 136 Å². The SMILES string of the molecule is CCc1cccc(N(CC)C(=O)Cn2c(C(=O)N[C@H]3CC[C@H](C(=O)NCCCCCC(=O)NCCOCCOCCC(=O)NCCOCCN4CCN(c5cc(Nc6ncc(C(=O)Nc7c(C)cccc7Cl)s6)nc(C)n5)CC4)CC3)cc3sccc32)c1. The number of aryl methyl sites for hydroxylation is 3. The first-order chi connectivity index (χ1) is 42.7. The number of para-hydroxylation sites is 1. The summed E-state index contributed by atoms with van der Waals surface area (Å²) in [7, 11) is 0. The summed E-state index contributed by atoms with van der Waals surface area (Å²) in [6.07, 6.45) is 8.07. The van der Waals surface area contributed by atoms with Crippen molar-refractivity contribution in [3.05, 3.63) is 105 Å². The molecule has 0 spiro atoms. The number of thiophene rings is 1. The molecule has 1 saturated carbocycles. The number of ether oxygens (including phenoxy) is 3. The monoisotopic (exact) mass is 1270 g/mol. The Balaban J connectivity index is 0.579. The minimum atomic E-state index is -0.292. The Kier molecular flexibility index (Phi) is 26.3. The van der Waals surface area contributed by atoms with Gasteiger partial charge < -0.3 is 60.5 Å². The van der Waals surface area contributed by atoms with Crippen molar-refractivity contribution in [1.29, 1.82) is 0 Å². The topological polar surface area (TPSA) is 256 Å². The number of unbranched alkanes of at least 4 members (excludes halogenated alkanes) is 2. The number of amides is 6. The van der Waals surface area contributed by atoms with E-state index in [-0.39, 0.29) is 67.0 Å². The smallest absolute Gasteiger partial charge is 0.268 e. The van der Waals surface area contributed by atoms with Crippen molar-refractivity contribution in [2.24, 2.45) is 5.92 Å². The number of carbonyl (C=O) groups is 6. The van der Waals surface area contributed by atoms with Crippen LogP contribution in [-0.4, -0.2) is 164 Å². The van der Waals surface area contributed by atoms with Gasteiger partial charge in [-0.15, -0.1) is 11.3 Å². The summed E-state index contributed by atoms with van der Waals surface area (Å²) < 4.78 is 19.7. The van der Waals surface area contributed by atoms with E-state index in [0.717, 1.165) is 84.8 Å².